The normalized spacial score (nSPS) is 10.6. The van der Waals surface area contributed by atoms with E-state index in [1.54, 1.807) is 18.6 Å². The predicted octanol–water partition coefficient (Wildman–Crippen LogP) is 4.40. The molecule has 140 valence electrons. The fourth-order valence-corrected chi connectivity index (χ4v) is 4.17. The molecule has 28 heavy (non-hydrogen) atoms. The third kappa shape index (κ3) is 4.76. The first-order valence-corrected chi connectivity index (χ1v) is 10.1. The van der Waals surface area contributed by atoms with E-state index in [1.165, 1.54) is 23.1 Å². The Morgan fingerprint density at radius 2 is 1.89 bits per heavy atom. The number of urea groups is 1. The minimum atomic E-state index is -0.332. The second-order valence-corrected chi connectivity index (χ2v) is 8.02. The van der Waals surface area contributed by atoms with Crippen LogP contribution in [-0.4, -0.2) is 26.0 Å². The molecule has 0 spiro atoms. The van der Waals surface area contributed by atoms with Crippen LogP contribution in [0.1, 0.15) is 5.82 Å². The Balaban J connectivity index is 1.29. The molecule has 0 radical (unpaired) electrons. The van der Waals surface area contributed by atoms with E-state index < -0.39 is 0 Å². The van der Waals surface area contributed by atoms with Gasteiger partial charge in [0.05, 0.1) is 28.8 Å². The number of H-pyrrole nitrogens is 1. The number of thiazole rings is 1. The van der Waals surface area contributed by atoms with Crippen molar-refractivity contribution in [2.24, 2.45) is 0 Å². The topological polar surface area (TPSA) is 95.6 Å². The molecule has 4 rings (SSSR count). The van der Waals surface area contributed by atoms with Gasteiger partial charge in [-0.25, -0.2) is 19.7 Å². The highest BCUT2D eigenvalue weighted by Gasteiger charge is 2.09. The third-order valence-electron chi connectivity index (χ3n) is 3.68. The average Bonchev–Trinajstić information content (AvgIpc) is 3.38. The molecule has 0 aliphatic rings. The maximum atomic E-state index is 12.1. The predicted molar refractivity (Wildman–Crippen MR) is 110 cm³/mol. The molecule has 0 aliphatic heterocycles. The first-order valence-electron chi connectivity index (χ1n) is 8.45. The zero-order chi connectivity index (χ0) is 19.2. The molecule has 9 heteroatoms. The highest BCUT2D eigenvalue weighted by atomic mass is 32.2. The number of nitrogens with zero attached hydrogens (tertiary/aromatic N) is 3. The van der Waals surface area contributed by atoms with Crippen LogP contribution in [0.3, 0.4) is 0 Å². The number of imidazole rings is 1. The van der Waals surface area contributed by atoms with Crippen molar-refractivity contribution in [3.8, 4) is 11.3 Å². The van der Waals surface area contributed by atoms with E-state index >= 15 is 0 Å². The fourth-order valence-electron chi connectivity index (χ4n) is 2.40. The van der Waals surface area contributed by atoms with Crippen LogP contribution in [0.15, 0.2) is 76.4 Å². The molecule has 0 fully saturated rings. The van der Waals surface area contributed by atoms with Crippen molar-refractivity contribution in [1.82, 2.24) is 25.3 Å². The summed E-state index contributed by atoms with van der Waals surface area (Å²) in [5.74, 6) is 0.680. The Kier molecular flexibility index (Phi) is 5.64. The molecule has 4 aromatic rings. The second-order valence-electron chi connectivity index (χ2n) is 5.67. The Hall–Kier alpha value is -3.17. The quantitative estimate of drug-likeness (QED) is 0.439. The Morgan fingerprint density at radius 1 is 1.04 bits per heavy atom. The van der Waals surface area contributed by atoms with Gasteiger partial charge in [-0.1, -0.05) is 59.5 Å². The van der Waals surface area contributed by atoms with Crippen molar-refractivity contribution in [1.29, 1.82) is 0 Å². The van der Waals surface area contributed by atoms with Gasteiger partial charge >= 0.3 is 6.03 Å². The number of carbonyl (C=O) groups is 1. The molecular weight excluding hydrogens is 392 g/mol. The van der Waals surface area contributed by atoms with Crippen molar-refractivity contribution in [2.45, 2.75) is 15.8 Å². The molecule has 2 amide bonds. The molecule has 0 aliphatic carbocycles. The largest absolute Gasteiger partial charge is 0.341 e. The van der Waals surface area contributed by atoms with E-state index in [2.05, 4.69) is 30.6 Å². The number of aromatic nitrogens is 4. The molecule has 3 N–H and O–H groups in total. The summed E-state index contributed by atoms with van der Waals surface area (Å²) in [7, 11) is 0. The molecule has 0 saturated carbocycles. The molecule has 0 unspecified atom stereocenters. The molecule has 0 atom stereocenters. The zero-order valence-electron chi connectivity index (χ0n) is 14.6. The van der Waals surface area contributed by atoms with Gasteiger partial charge in [-0.2, -0.15) is 0 Å². The van der Waals surface area contributed by atoms with Gasteiger partial charge < -0.3 is 10.3 Å². The second kappa shape index (κ2) is 8.68. The molecule has 7 nitrogen and oxygen atoms in total. The molecule has 1 aromatic carbocycles. The van der Waals surface area contributed by atoms with Crippen LogP contribution in [0.5, 0.6) is 0 Å². The van der Waals surface area contributed by atoms with Crippen LogP contribution in [0.25, 0.3) is 11.3 Å². The summed E-state index contributed by atoms with van der Waals surface area (Å²) >= 11 is 2.90. The Bertz CT molecular complexity index is 1050. The van der Waals surface area contributed by atoms with Gasteiger partial charge in [0.1, 0.15) is 10.9 Å². The maximum Gasteiger partial charge on any atom is 0.321 e. The lowest BCUT2D eigenvalue weighted by atomic mass is 10.2. The smallest absolute Gasteiger partial charge is 0.321 e. The zero-order valence-corrected chi connectivity index (χ0v) is 16.3. The number of amides is 2. The minimum Gasteiger partial charge on any atom is -0.341 e. The van der Waals surface area contributed by atoms with E-state index in [1.807, 2.05) is 48.5 Å². The monoisotopic (exact) mass is 408 g/mol. The van der Waals surface area contributed by atoms with Crippen LogP contribution in [0, 0.1) is 0 Å². The van der Waals surface area contributed by atoms with E-state index in [4.69, 9.17) is 0 Å². The van der Waals surface area contributed by atoms with Crippen LogP contribution in [0.2, 0.25) is 0 Å². The third-order valence-corrected chi connectivity index (χ3v) is 5.64. The van der Waals surface area contributed by atoms with Crippen LogP contribution >= 0.6 is 23.1 Å². The van der Waals surface area contributed by atoms with Gasteiger partial charge in [-0.3, -0.25) is 5.32 Å². The van der Waals surface area contributed by atoms with E-state index in [9.17, 15) is 4.79 Å². The lowest BCUT2D eigenvalue weighted by molar-refractivity contribution is 0.251. The first kappa shape index (κ1) is 18.2. The summed E-state index contributed by atoms with van der Waals surface area (Å²) in [5, 5.41) is 6.93. The van der Waals surface area contributed by atoms with E-state index in [0.29, 0.717) is 17.5 Å². The molecule has 3 aromatic heterocycles. The number of pyridine rings is 1. The summed E-state index contributed by atoms with van der Waals surface area (Å²) in [6.07, 6.45) is 5.22. The van der Waals surface area contributed by atoms with Gasteiger partial charge in [0.15, 0.2) is 5.13 Å². The van der Waals surface area contributed by atoms with Crippen molar-refractivity contribution in [2.75, 3.05) is 5.32 Å². The molecule has 0 bridgehead atoms. The lowest BCUT2D eigenvalue weighted by Crippen LogP contribution is -2.28. The highest BCUT2D eigenvalue weighted by Crippen LogP contribution is 2.32. The van der Waals surface area contributed by atoms with Gasteiger partial charge in [-0.15, -0.1) is 0 Å². The minimum absolute atomic E-state index is 0.291. The molecule has 0 saturated heterocycles. The summed E-state index contributed by atoms with van der Waals surface area (Å²) in [5.41, 5.74) is 1.96. The van der Waals surface area contributed by atoms with Gasteiger partial charge in [0.2, 0.25) is 0 Å². The summed E-state index contributed by atoms with van der Waals surface area (Å²) in [6, 6.07) is 15.3. The lowest BCUT2D eigenvalue weighted by Gasteiger charge is -2.03. The Labute approximate surface area is 169 Å². The summed E-state index contributed by atoms with van der Waals surface area (Å²) < 4.78 is 0.951. The number of nitrogens with one attached hydrogen (secondary N) is 3. The summed E-state index contributed by atoms with van der Waals surface area (Å²) in [6.45, 7) is 0.291. The number of anilines is 1. The number of benzene rings is 1. The van der Waals surface area contributed by atoms with Crippen molar-refractivity contribution in [3.05, 3.63) is 72.9 Å². The van der Waals surface area contributed by atoms with Gasteiger partial charge in [0.25, 0.3) is 0 Å². The molecular formula is C19H16N6OS2. The van der Waals surface area contributed by atoms with Crippen molar-refractivity contribution < 1.29 is 4.79 Å². The van der Waals surface area contributed by atoms with Gasteiger partial charge in [-0.05, 0) is 17.7 Å². The number of hydrogen-bond acceptors (Lipinski definition) is 6. The number of hydrogen-bond donors (Lipinski definition) is 3. The number of aromatic amines is 1. The Morgan fingerprint density at radius 3 is 2.71 bits per heavy atom. The summed E-state index contributed by atoms with van der Waals surface area (Å²) in [4.78, 5) is 28.1. The van der Waals surface area contributed by atoms with E-state index in [0.717, 1.165) is 20.5 Å². The molecule has 3 heterocycles. The fraction of sp³-hybridized carbons (Fsp3) is 0.0526. The number of carbonyl (C=O) groups excluding carboxylic acids is 1. The SMILES string of the molecule is O=C(NCc1ncc(-c2ccccc2)[nH]1)Nc1ncc(Sc2ccccn2)s1. The van der Waals surface area contributed by atoms with Crippen LogP contribution in [0.4, 0.5) is 9.93 Å². The van der Waals surface area contributed by atoms with Crippen LogP contribution < -0.4 is 10.6 Å². The van der Waals surface area contributed by atoms with Crippen LogP contribution in [-0.2, 0) is 6.54 Å². The number of rotatable bonds is 6. The van der Waals surface area contributed by atoms with Crippen molar-refractivity contribution >= 4 is 34.3 Å². The standard InChI is InChI=1S/C19H16N6OS2/c26-18(22-11-15-21-10-14(24-15)13-6-2-1-3-7-13)25-19-23-12-17(28-19)27-16-8-4-5-9-20-16/h1-10,12H,11H2,(H,21,24)(H2,22,23,25,26). The van der Waals surface area contributed by atoms with E-state index in [-0.39, 0.29) is 6.03 Å². The van der Waals surface area contributed by atoms with Gasteiger partial charge in [0, 0.05) is 6.20 Å². The average molecular weight is 409 g/mol. The van der Waals surface area contributed by atoms with Crippen molar-refractivity contribution in [3.63, 3.8) is 0 Å². The maximum absolute atomic E-state index is 12.1. The highest BCUT2D eigenvalue weighted by molar-refractivity contribution is 8.01. The first-order chi connectivity index (χ1) is 13.8.